The van der Waals surface area contributed by atoms with E-state index in [0.717, 1.165) is 16.8 Å². The van der Waals surface area contributed by atoms with Crippen molar-refractivity contribution < 1.29 is 19.1 Å². The van der Waals surface area contributed by atoms with Gasteiger partial charge < -0.3 is 19.9 Å². The molecule has 0 aliphatic rings. The zero-order valence-electron chi connectivity index (χ0n) is 19.4. The number of hydrogen-bond donors (Lipinski definition) is 1. The molecule has 3 amide bonds. The second kappa shape index (κ2) is 12.2. The summed E-state index contributed by atoms with van der Waals surface area (Å²) in [6.45, 7) is -0.121. The maximum atomic E-state index is 13.3. The predicted octanol–water partition coefficient (Wildman–Crippen LogP) is 3.65. The van der Waals surface area contributed by atoms with Crippen molar-refractivity contribution in [3.8, 4) is 0 Å². The third kappa shape index (κ3) is 7.20. The van der Waals surface area contributed by atoms with Gasteiger partial charge in [-0.15, -0.1) is 0 Å². The molecular formula is C27H29N3O4. The van der Waals surface area contributed by atoms with Crippen molar-refractivity contribution in [2.24, 2.45) is 0 Å². The largest absolute Gasteiger partial charge is 0.445 e. The molecule has 7 heteroatoms. The molecule has 0 saturated carbocycles. The van der Waals surface area contributed by atoms with Crippen LogP contribution in [0.1, 0.15) is 11.1 Å². The topological polar surface area (TPSA) is 79.0 Å². The summed E-state index contributed by atoms with van der Waals surface area (Å²) in [6.07, 6.45) is -0.295. The summed E-state index contributed by atoms with van der Waals surface area (Å²) < 4.78 is 5.27. The Labute approximate surface area is 199 Å². The monoisotopic (exact) mass is 459 g/mol. The van der Waals surface area contributed by atoms with E-state index in [2.05, 4.69) is 5.32 Å². The van der Waals surface area contributed by atoms with Gasteiger partial charge in [0.05, 0.1) is 0 Å². The Hall–Kier alpha value is -4.13. The highest BCUT2D eigenvalue weighted by atomic mass is 16.6. The van der Waals surface area contributed by atoms with Gasteiger partial charge in [0.2, 0.25) is 11.8 Å². The number of amides is 3. The summed E-state index contributed by atoms with van der Waals surface area (Å²) >= 11 is 0. The van der Waals surface area contributed by atoms with Crippen LogP contribution in [0.5, 0.6) is 0 Å². The Bertz CT molecular complexity index is 1070. The molecule has 176 valence electrons. The van der Waals surface area contributed by atoms with Crippen LogP contribution in [0.15, 0.2) is 91.0 Å². The molecule has 3 aromatic rings. The van der Waals surface area contributed by atoms with Gasteiger partial charge in [-0.3, -0.25) is 9.59 Å². The van der Waals surface area contributed by atoms with E-state index in [1.165, 1.54) is 16.8 Å². The number of benzene rings is 3. The quantitative estimate of drug-likeness (QED) is 0.530. The van der Waals surface area contributed by atoms with E-state index in [-0.39, 0.29) is 19.1 Å². The summed E-state index contributed by atoms with van der Waals surface area (Å²) in [5.41, 5.74) is 2.49. The van der Waals surface area contributed by atoms with Gasteiger partial charge in [0.25, 0.3) is 0 Å². The van der Waals surface area contributed by atoms with Crippen LogP contribution in [0.3, 0.4) is 0 Å². The summed E-state index contributed by atoms with van der Waals surface area (Å²) in [5, 5.41) is 2.80. The van der Waals surface area contributed by atoms with Crippen LogP contribution in [0.25, 0.3) is 0 Å². The summed E-state index contributed by atoms with van der Waals surface area (Å²) in [5.74, 6) is -0.701. The number of ether oxygens (including phenoxy) is 1. The number of rotatable bonds is 9. The average Bonchev–Trinajstić information content (AvgIpc) is 2.87. The lowest BCUT2D eigenvalue weighted by Gasteiger charge is -2.26. The Morgan fingerprint density at radius 1 is 0.794 bits per heavy atom. The van der Waals surface area contributed by atoms with E-state index in [9.17, 15) is 14.4 Å². The van der Waals surface area contributed by atoms with Gasteiger partial charge in [0.1, 0.15) is 19.2 Å². The molecule has 0 aromatic heterocycles. The SMILES string of the molecule is CN(CC(=O)N[C@@H](Cc1ccccc1)C(=O)N(C)c1ccccc1)C(=O)OCc1ccccc1. The number of nitrogens with one attached hydrogen (secondary N) is 1. The van der Waals surface area contributed by atoms with Crippen molar-refractivity contribution in [3.05, 3.63) is 102 Å². The molecule has 0 saturated heterocycles. The zero-order chi connectivity index (χ0) is 24.3. The molecule has 0 aliphatic heterocycles. The normalized spacial score (nSPS) is 11.2. The number of hydrogen-bond acceptors (Lipinski definition) is 4. The first kappa shape index (κ1) is 24.5. The molecule has 3 rings (SSSR count). The van der Waals surface area contributed by atoms with Crippen molar-refractivity contribution in [1.29, 1.82) is 0 Å². The lowest BCUT2D eigenvalue weighted by atomic mass is 10.0. The minimum atomic E-state index is -0.797. The van der Waals surface area contributed by atoms with E-state index in [1.807, 2.05) is 91.0 Å². The van der Waals surface area contributed by atoms with Crippen molar-refractivity contribution in [1.82, 2.24) is 10.2 Å². The summed E-state index contributed by atoms with van der Waals surface area (Å²) in [7, 11) is 3.16. The third-order valence-electron chi connectivity index (χ3n) is 5.29. The van der Waals surface area contributed by atoms with Gasteiger partial charge in [-0.25, -0.2) is 4.79 Å². The Morgan fingerprint density at radius 2 is 1.32 bits per heavy atom. The Balaban J connectivity index is 1.63. The average molecular weight is 460 g/mol. The lowest BCUT2D eigenvalue weighted by molar-refractivity contribution is -0.127. The van der Waals surface area contributed by atoms with Crippen molar-refractivity contribution >= 4 is 23.6 Å². The second-order valence-corrected chi connectivity index (χ2v) is 7.94. The molecule has 0 heterocycles. The molecule has 0 bridgehead atoms. The van der Waals surface area contributed by atoms with Crippen molar-refractivity contribution in [2.45, 2.75) is 19.1 Å². The molecule has 34 heavy (non-hydrogen) atoms. The van der Waals surface area contributed by atoms with Crippen LogP contribution in [-0.4, -0.2) is 49.5 Å². The minimum Gasteiger partial charge on any atom is -0.445 e. The van der Waals surface area contributed by atoms with Crippen molar-refractivity contribution in [3.63, 3.8) is 0 Å². The molecule has 0 fully saturated rings. The van der Waals surface area contributed by atoms with Crippen LogP contribution in [0.2, 0.25) is 0 Å². The highest BCUT2D eigenvalue weighted by Gasteiger charge is 2.26. The number of anilines is 1. The fourth-order valence-corrected chi connectivity index (χ4v) is 3.41. The molecule has 0 aliphatic carbocycles. The maximum absolute atomic E-state index is 13.3. The van der Waals surface area contributed by atoms with Crippen LogP contribution in [0, 0.1) is 0 Å². The number of para-hydroxylation sites is 1. The summed E-state index contributed by atoms with van der Waals surface area (Å²) in [4.78, 5) is 41.0. The first-order chi connectivity index (χ1) is 16.4. The number of carbonyl (C=O) groups excluding carboxylic acids is 3. The maximum Gasteiger partial charge on any atom is 0.410 e. The molecule has 1 N–H and O–H groups in total. The van der Waals surface area contributed by atoms with Crippen LogP contribution >= 0.6 is 0 Å². The lowest BCUT2D eigenvalue weighted by Crippen LogP contribution is -2.51. The molecule has 0 radical (unpaired) electrons. The Morgan fingerprint density at radius 3 is 1.91 bits per heavy atom. The third-order valence-corrected chi connectivity index (χ3v) is 5.29. The number of likely N-dealkylation sites (N-methyl/N-ethyl adjacent to an activating group) is 2. The fourth-order valence-electron chi connectivity index (χ4n) is 3.41. The van der Waals surface area contributed by atoms with Crippen molar-refractivity contribution in [2.75, 3.05) is 25.5 Å². The molecule has 7 nitrogen and oxygen atoms in total. The standard InChI is InChI=1S/C27H29N3O4/c1-29(27(33)34-20-22-14-8-4-9-15-22)19-25(31)28-24(18-21-12-6-3-7-13-21)26(32)30(2)23-16-10-5-11-17-23/h3-17,24H,18-20H2,1-2H3,(H,28,31)/t24-/m0/s1. The predicted molar refractivity (Wildman–Crippen MR) is 131 cm³/mol. The minimum absolute atomic E-state index is 0.114. The van der Waals surface area contributed by atoms with Gasteiger partial charge in [-0.2, -0.15) is 0 Å². The van der Waals surface area contributed by atoms with Gasteiger partial charge in [-0.1, -0.05) is 78.9 Å². The first-order valence-corrected chi connectivity index (χ1v) is 11.0. The van der Waals surface area contributed by atoms with E-state index < -0.39 is 18.0 Å². The highest BCUT2D eigenvalue weighted by Crippen LogP contribution is 2.14. The molecule has 0 unspecified atom stereocenters. The smallest absolute Gasteiger partial charge is 0.410 e. The highest BCUT2D eigenvalue weighted by molar-refractivity contribution is 5.99. The zero-order valence-corrected chi connectivity index (χ0v) is 19.4. The van der Waals surface area contributed by atoms with Crippen LogP contribution < -0.4 is 10.2 Å². The Kier molecular flexibility index (Phi) is 8.80. The van der Waals surface area contributed by atoms with Gasteiger partial charge in [0.15, 0.2) is 0 Å². The number of nitrogens with zero attached hydrogens (tertiary/aromatic N) is 2. The second-order valence-electron chi connectivity index (χ2n) is 7.94. The number of carbonyl (C=O) groups is 3. The van der Waals surface area contributed by atoms with Crippen LogP contribution in [-0.2, 0) is 27.4 Å². The fraction of sp³-hybridized carbons (Fsp3) is 0.222. The van der Waals surface area contributed by atoms with Gasteiger partial charge in [-0.05, 0) is 23.3 Å². The molecular weight excluding hydrogens is 430 g/mol. The molecule has 0 spiro atoms. The van der Waals surface area contributed by atoms with E-state index in [0.29, 0.717) is 6.42 Å². The van der Waals surface area contributed by atoms with E-state index >= 15 is 0 Å². The molecule has 3 aromatic carbocycles. The summed E-state index contributed by atoms with van der Waals surface area (Å²) in [6, 6.07) is 27.2. The first-order valence-electron chi connectivity index (χ1n) is 11.0. The van der Waals surface area contributed by atoms with E-state index in [4.69, 9.17) is 4.74 Å². The van der Waals surface area contributed by atoms with Gasteiger partial charge >= 0.3 is 6.09 Å². The van der Waals surface area contributed by atoms with E-state index in [1.54, 1.807) is 7.05 Å². The van der Waals surface area contributed by atoms with Crippen LogP contribution in [0.4, 0.5) is 10.5 Å². The molecule has 1 atom stereocenters. The van der Waals surface area contributed by atoms with Gasteiger partial charge in [0, 0.05) is 26.2 Å².